The molecule has 0 bridgehead atoms. The maximum Gasteiger partial charge on any atom is 0.416 e. The van der Waals surface area contributed by atoms with Crippen molar-refractivity contribution in [2.45, 2.75) is 6.18 Å². The predicted octanol–water partition coefficient (Wildman–Crippen LogP) is 4.93. The SMILES string of the molecule is O=C(NCCOc1cccc(C(F)(F)F)c1)c1cc(Br)ccc1Cl. The Labute approximate surface area is 149 Å². The van der Waals surface area contributed by atoms with Gasteiger partial charge in [-0.2, -0.15) is 13.2 Å². The van der Waals surface area contributed by atoms with Crippen LogP contribution in [-0.2, 0) is 6.18 Å². The van der Waals surface area contributed by atoms with Crippen molar-refractivity contribution < 1.29 is 22.7 Å². The second-order valence-corrected chi connectivity index (χ2v) is 6.08. The standard InChI is InChI=1S/C16H12BrClF3NO2/c17-11-4-5-14(18)13(9-11)15(23)22-6-7-24-12-3-1-2-10(8-12)16(19,20)21/h1-5,8-9H,6-7H2,(H,22,23). The molecule has 0 aliphatic heterocycles. The Morgan fingerprint density at radius 2 is 1.96 bits per heavy atom. The summed E-state index contributed by atoms with van der Waals surface area (Å²) in [5, 5.41) is 2.89. The summed E-state index contributed by atoms with van der Waals surface area (Å²) in [4.78, 5) is 12.0. The van der Waals surface area contributed by atoms with Gasteiger partial charge in [0.25, 0.3) is 5.91 Å². The molecule has 0 saturated heterocycles. The number of rotatable bonds is 5. The zero-order valence-electron chi connectivity index (χ0n) is 12.2. The van der Waals surface area contributed by atoms with E-state index in [1.54, 1.807) is 18.2 Å². The molecule has 0 unspecified atom stereocenters. The van der Waals surface area contributed by atoms with Gasteiger partial charge in [0.15, 0.2) is 0 Å². The number of ether oxygens (including phenoxy) is 1. The molecule has 0 fully saturated rings. The van der Waals surface area contributed by atoms with Crippen molar-refractivity contribution in [2.75, 3.05) is 13.2 Å². The summed E-state index contributed by atoms with van der Waals surface area (Å²) in [5.74, 6) is -0.312. The van der Waals surface area contributed by atoms with Gasteiger partial charge in [0, 0.05) is 4.47 Å². The van der Waals surface area contributed by atoms with E-state index < -0.39 is 17.6 Å². The molecule has 2 aromatic rings. The van der Waals surface area contributed by atoms with Crippen LogP contribution in [0.15, 0.2) is 46.9 Å². The number of benzene rings is 2. The molecule has 0 aromatic heterocycles. The Kier molecular flexibility index (Phi) is 6.12. The fraction of sp³-hybridized carbons (Fsp3) is 0.188. The average Bonchev–Trinajstić information content (AvgIpc) is 2.53. The third-order valence-corrected chi connectivity index (χ3v) is 3.81. The largest absolute Gasteiger partial charge is 0.492 e. The van der Waals surface area contributed by atoms with Gasteiger partial charge in [-0.15, -0.1) is 0 Å². The molecule has 0 saturated carbocycles. The molecule has 0 radical (unpaired) electrons. The second kappa shape index (κ2) is 7.90. The van der Waals surface area contributed by atoms with Crippen LogP contribution in [0, 0.1) is 0 Å². The summed E-state index contributed by atoms with van der Waals surface area (Å²) in [6.45, 7) is 0.149. The number of carbonyl (C=O) groups is 1. The fourth-order valence-corrected chi connectivity index (χ4v) is 2.43. The van der Waals surface area contributed by atoms with Crippen LogP contribution in [0.4, 0.5) is 13.2 Å². The molecule has 1 N–H and O–H groups in total. The van der Waals surface area contributed by atoms with Crippen LogP contribution in [0.1, 0.15) is 15.9 Å². The first-order valence-corrected chi connectivity index (χ1v) is 7.98. The molecule has 2 aromatic carbocycles. The lowest BCUT2D eigenvalue weighted by molar-refractivity contribution is -0.137. The zero-order chi connectivity index (χ0) is 17.7. The van der Waals surface area contributed by atoms with E-state index >= 15 is 0 Å². The Bertz CT molecular complexity index is 738. The lowest BCUT2D eigenvalue weighted by atomic mass is 10.2. The molecular formula is C16H12BrClF3NO2. The van der Waals surface area contributed by atoms with Gasteiger partial charge < -0.3 is 10.1 Å². The minimum Gasteiger partial charge on any atom is -0.492 e. The molecule has 0 heterocycles. The zero-order valence-corrected chi connectivity index (χ0v) is 14.5. The van der Waals surface area contributed by atoms with Crippen molar-refractivity contribution in [3.8, 4) is 5.75 Å². The van der Waals surface area contributed by atoms with E-state index in [4.69, 9.17) is 16.3 Å². The number of halogens is 5. The average molecular weight is 423 g/mol. The van der Waals surface area contributed by atoms with Crippen LogP contribution in [0.2, 0.25) is 5.02 Å². The van der Waals surface area contributed by atoms with Gasteiger partial charge in [-0.25, -0.2) is 0 Å². The molecule has 0 aliphatic rings. The number of hydrogen-bond donors (Lipinski definition) is 1. The summed E-state index contributed by atoms with van der Waals surface area (Å²) < 4.78 is 43.7. The molecule has 24 heavy (non-hydrogen) atoms. The molecule has 0 spiro atoms. The highest BCUT2D eigenvalue weighted by atomic mass is 79.9. The van der Waals surface area contributed by atoms with Crippen molar-refractivity contribution in [3.63, 3.8) is 0 Å². The molecule has 128 valence electrons. The topological polar surface area (TPSA) is 38.3 Å². The lowest BCUT2D eigenvalue weighted by Crippen LogP contribution is -2.28. The molecular weight excluding hydrogens is 411 g/mol. The molecule has 3 nitrogen and oxygen atoms in total. The van der Waals surface area contributed by atoms with E-state index in [-0.39, 0.29) is 18.9 Å². The Balaban J connectivity index is 1.87. The summed E-state index contributed by atoms with van der Waals surface area (Å²) in [6.07, 6.45) is -4.43. The molecule has 8 heteroatoms. The monoisotopic (exact) mass is 421 g/mol. The van der Waals surface area contributed by atoms with Gasteiger partial charge in [-0.3, -0.25) is 4.79 Å². The molecule has 1 amide bonds. The van der Waals surface area contributed by atoms with E-state index in [0.717, 1.165) is 12.1 Å². The second-order valence-electron chi connectivity index (χ2n) is 4.75. The highest BCUT2D eigenvalue weighted by Gasteiger charge is 2.30. The van der Waals surface area contributed by atoms with Crippen LogP contribution in [0.3, 0.4) is 0 Å². The van der Waals surface area contributed by atoms with Crippen molar-refractivity contribution >= 4 is 33.4 Å². The van der Waals surface area contributed by atoms with Crippen molar-refractivity contribution in [1.82, 2.24) is 5.32 Å². The first-order valence-electron chi connectivity index (χ1n) is 6.80. The molecule has 2 rings (SSSR count). The van der Waals surface area contributed by atoms with E-state index in [2.05, 4.69) is 21.2 Å². The first kappa shape index (κ1) is 18.6. The van der Waals surface area contributed by atoms with Gasteiger partial charge in [-0.05, 0) is 36.4 Å². The maximum atomic E-state index is 12.6. The number of alkyl halides is 3. The van der Waals surface area contributed by atoms with Crippen LogP contribution < -0.4 is 10.1 Å². The van der Waals surface area contributed by atoms with Crippen molar-refractivity contribution in [2.24, 2.45) is 0 Å². The Morgan fingerprint density at radius 1 is 1.21 bits per heavy atom. The van der Waals surface area contributed by atoms with Crippen LogP contribution >= 0.6 is 27.5 Å². The summed E-state index contributed by atoms with van der Waals surface area (Å²) in [7, 11) is 0. The Hall–Kier alpha value is -1.73. The smallest absolute Gasteiger partial charge is 0.416 e. The van der Waals surface area contributed by atoms with E-state index in [0.29, 0.717) is 15.1 Å². The first-order chi connectivity index (χ1) is 11.3. The summed E-state index contributed by atoms with van der Waals surface area (Å²) in [5.41, 5.74) is -0.491. The van der Waals surface area contributed by atoms with E-state index in [9.17, 15) is 18.0 Å². The van der Waals surface area contributed by atoms with E-state index in [1.165, 1.54) is 12.1 Å². The van der Waals surface area contributed by atoms with Crippen molar-refractivity contribution in [1.29, 1.82) is 0 Å². The van der Waals surface area contributed by atoms with Gasteiger partial charge in [-0.1, -0.05) is 33.6 Å². The summed E-state index contributed by atoms with van der Waals surface area (Å²) in [6, 6.07) is 9.41. The molecule has 0 atom stereocenters. The summed E-state index contributed by atoms with van der Waals surface area (Å²) >= 11 is 9.18. The fourth-order valence-electron chi connectivity index (χ4n) is 1.86. The van der Waals surface area contributed by atoms with E-state index in [1.807, 2.05) is 0 Å². The normalized spacial score (nSPS) is 11.2. The quantitative estimate of drug-likeness (QED) is 0.694. The predicted molar refractivity (Wildman–Crippen MR) is 88.4 cm³/mol. The maximum absolute atomic E-state index is 12.6. The number of nitrogens with one attached hydrogen (secondary N) is 1. The van der Waals surface area contributed by atoms with Gasteiger partial charge in [0.2, 0.25) is 0 Å². The lowest BCUT2D eigenvalue weighted by Gasteiger charge is -2.11. The minimum atomic E-state index is -4.43. The van der Waals surface area contributed by atoms with Gasteiger partial charge in [0.05, 0.1) is 22.7 Å². The Morgan fingerprint density at radius 3 is 2.67 bits per heavy atom. The van der Waals surface area contributed by atoms with Crippen LogP contribution in [-0.4, -0.2) is 19.1 Å². The minimum absolute atomic E-state index is 0.0265. The van der Waals surface area contributed by atoms with Gasteiger partial charge >= 0.3 is 6.18 Å². The number of amides is 1. The number of carbonyl (C=O) groups excluding carboxylic acids is 1. The highest BCUT2D eigenvalue weighted by molar-refractivity contribution is 9.10. The third kappa shape index (κ3) is 5.14. The van der Waals surface area contributed by atoms with Gasteiger partial charge in [0.1, 0.15) is 12.4 Å². The van der Waals surface area contributed by atoms with Crippen LogP contribution in [0.5, 0.6) is 5.75 Å². The number of hydrogen-bond acceptors (Lipinski definition) is 2. The van der Waals surface area contributed by atoms with Crippen molar-refractivity contribution in [3.05, 3.63) is 63.1 Å². The third-order valence-electron chi connectivity index (χ3n) is 2.99. The van der Waals surface area contributed by atoms with Crippen LogP contribution in [0.25, 0.3) is 0 Å². The molecule has 0 aliphatic carbocycles. The highest BCUT2D eigenvalue weighted by Crippen LogP contribution is 2.31.